The van der Waals surface area contributed by atoms with Gasteiger partial charge in [-0.05, 0) is 19.4 Å². The maximum absolute atomic E-state index is 11.2. The Labute approximate surface area is 90.8 Å². The molecule has 1 heterocycles. The van der Waals surface area contributed by atoms with Gasteiger partial charge >= 0.3 is 0 Å². The number of nitrogens with zero attached hydrogens (tertiary/aromatic N) is 1. The average Bonchev–Trinajstić information content (AvgIpc) is 2.51. The van der Waals surface area contributed by atoms with E-state index in [4.69, 9.17) is 5.73 Å². The number of hydrogen-bond acceptors (Lipinski definition) is 3. The molecule has 1 aliphatic heterocycles. The van der Waals surface area contributed by atoms with E-state index in [-0.39, 0.29) is 18.1 Å². The van der Waals surface area contributed by atoms with Gasteiger partial charge in [0.1, 0.15) is 0 Å². The molecule has 0 unspecified atom stereocenters. The number of carbonyl (C=O) groups excluding carboxylic acids is 2. The Kier molecular flexibility index (Phi) is 5.32. The van der Waals surface area contributed by atoms with E-state index < -0.39 is 0 Å². The van der Waals surface area contributed by atoms with E-state index in [1.807, 2.05) is 0 Å². The molecule has 0 aromatic heterocycles. The minimum absolute atomic E-state index is 0.00181. The third kappa shape index (κ3) is 4.42. The van der Waals surface area contributed by atoms with Gasteiger partial charge in [0.15, 0.2) is 5.78 Å². The number of Topliss-reactive ketones (excluding diaryl/α,β-unsaturated/α-hetero) is 1. The maximum atomic E-state index is 11.2. The monoisotopic (exact) mass is 212 g/mol. The van der Waals surface area contributed by atoms with Crippen LogP contribution in [0.5, 0.6) is 0 Å². The van der Waals surface area contributed by atoms with Gasteiger partial charge in [-0.1, -0.05) is 19.3 Å². The summed E-state index contributed by atoms with van der Waals surface area (Å²) in [5.41, 5.74) is 5.39. The molecule has 0 aromatic rings. The first-order valence-corrected chi connectivity index (χ1v) is 5.73. The molecule has 1 rings (SSSR count). The molecule has 1 saturated heterocycles. The summed E-state index contributed by atoms with van der Waals surface area (Å²) in [6, 6.07) is 0. The first kappa shape index (κ1) is 12.2. The van der Waals surface area contributed by atoms with E-state index in [9.17, 15) is 9.59 Å². The molecule has 86 valence electrons. The Morgan fingerprint density at radius 2 is 1.73 bits per heavy atom. The zero-order valence-corrected chi connectivity index (χ0v) is 9.21. The van der Waals surface area contributed by atoms with Crippen LogP contribution >= 0.6 is 0 Å². The molecule has 15 heavy (non-hydrogen) atoms. The van der Waals surface area contributed by atoms with Gasteiger partial charge < -0.3 is 10.6 Å². The van der Waals surface area contributed by atoms with Gasteiger partial charge in [0.05, 0.1) is 13.0 Å². The van der Waals surface area contributed by atoms with Crippen LogP contribution in [0.25, 0.3) is 0 Å². The summed E-state index contributed by atoms with van der Waals surface area (Å²) in [4.78, 5) is 23.9. The summed E-state index contributed by atoms with van der Waals surface area (Å²) in [6.45, 7) is 1.84. The SMILES string of the molecule is NCCCCCCCN1CC(=O)CC1=O. The summed E-state index contributed by atoms with van der Waals surface area (Å²) in [7, 11) is 0. The molecule has 0 aromatic carbocycles. The molecular weight excluding hydrogens is 192 g/mol. The van der Waals surface area contributed by atoms with Crippen molar-refractivity contribution < 1.29 is 9.59 Å². The summed E-state index contributed by atoms with van der Waals surface area (Å²) in [5.74, 6) is 0.0603. The van der Waals surface area contributed by atoms with Crippen molar-refractivity contribution in [3.8, 4) is 0 Å². The largest absolute Gasteiger partial charge is 0.335 e. The van der Waals surface area contributed by atoms with Crippen LogP contribution in [0.15, 0.2) is 0 Å². The fourth-order valence-corrected chi connectivity index (χ4v) is 1.82. The molecule has 0 saturated carbocycles. The Hall–Kier alpha value is -0.900. The Morgan fingerprint density at radius 3 is 2.33 bits per heavy atom. The molecule has 4 nitrogen and oxygen atoms in total. The summed E-state index contributed by atoms with van der Waals surface area (Å²) < 4.78 is 0. The van der Waals surface area contributed by atoms with Gasteiger partial charge in [0.25, 0.3) is 0 Å². The van der Waals surface area contributed by atoms with Gasteiger partial charge in [0, 0.05) is 6.54 Å². The maximum Gasteiger partial charge on any atom is 0.230 e. The number of ketones is 1. The van der Waals surface area contributed by atoms with Crippen molar-refractivity contribution in [2.24, 2.45) is 5.73 Å². The second-order valence-corrected chi connectivity index (χ2v) is 4.09. The van der Waals surface area contributed by atoms with Gasteiger partial charge in [-0.15, -0.1) is 0 Å². The molecule has 0 spiro atoms. The highest BCUT2D eigenvalue weighted by Gasteiger charge is 2.26. The lowest BCUT2D eigenvalue weighted by molar-refractivity contribution is -0.127. The predicted molar refractivity (Wildman–Crippen MR) is 58.3 cm³/mol. The van der Waals surface area contributed by atoms with Gasteiger partial charge in [-0.25, -0.2) is 0 Å². The average molecular weight is 212 g/mol. The molecule has 1 fully saturated rings. The fourth-order valence-electron chi connectivity index (χ4n) is 1.82. The summed E-state index contributed by atoms with van der Waals surface area (Å²) >= 11 is 0. The third-order valence-electron chi connectivity index (χ3n) is 2.70. The lowest BCUT2D eigenvalue weighted by Gasteiger charge is -2.13. The molecule has 0 atom stereocenters. The van der Waals surface area contributed by atoms with E-state index in [1.54, 1.807) is 4.90 Å². The lowest BCUT2D eigenvalue weighted by atomic mass is 10.1. The van der Waals surface area contributed by atoms with Crippen LogP contribution in [-0.2, 0) is 9.59 Å². The minimum atomic E-state index is 0.00181. The summed E-state index contributed by atoms with van der Waals surface area (Å²) in [5, 5.41) is 0. The molecule has 4 heteroatoms. The molecule has 1 amide bonds. The van der Waals surface area contributed by atoms with Crippen LogP contribution in [-0.4, -0.2) is 36.2 Å². The van der Waals surface area contributed by atoms with Crippen molar-refractivity contribution in [2.45, 2.75) is 38.5 Å². The third-order valence-corrected chi connectivity index (χ3v) is 2.70. The van der Waals surface area contributed by atoms with E-state index in [0.717, 1.165) is 32.4 Å². The van der Waals surface area contributed by atoms with Crippen LogP contribution < -0.4 is 5.73 Å². The quantitative estimate of drug-likeness (QED) is 0.499. The number of rotatable bonds is 7. The molecule has 0 radical (unpaired) electrons. The number of carbonyl (C=O) groups is 2. The first-order chi connectivity index (χ1) is 7.24. The predicted octanol–water partition coefficient (Wildman–Crippen LogP) is 0.697. The summed E-state index contributed by atoms with van der Waals surface area (Å²) in [6.07, 6.45) is 5.67. The van der Waals surface area contributed by atoms with Gasteiger partial charge in [0.2, 0.25) is 5.91 Å². The van der Waals surface area contributed by atoms with E-state index >= 15 is 0 Å². The van der Waals surface area contributed by atoms with Crippen molar-refractivity contribution in [1.29, 1.82) is 0 Å². The molecule has 1 aliphatic rings. The normalized spacial score (nSPS) is 16.5. The van der Waals surface area contributed by atoms with Crippen LogP contribution in [0.4, 0.5) is 0 Å². The minimum Gasteiger partial charge on any atom is -0.335 e. The van der Waals surface area contributed by atoms with Gasteiger partial charge in [-0.2, -0.15) is 0 Å². The van der Waals surface area contributed by atoms with Crippen LogP contribution in [0, 0.1) is 0 Å². The van der Waals surface area contributed by atoms with E-state index in [1.165, 1.54) is 12.8 Å². The van der Waals surface area contributed by atoms with E-state index in [2.05, 4.69) is 0 Å². The number of unbranched alkanes of at least 4 members (excludes halogenated alkanes) is 4. The number of likely N-dealkylation sites (tertiary alicyclic amines) is 1. The second-order valence-electron chi connectivity index (χ2n) is 4.09. The molecule has 0 bridgehead atoms. The molecule has 0 aliphatic carbocycles. The Morgan fingerprint density at radius 1 is 1.07 bits per heavy atom. The Balaban J connectivity index is 2.00. The van der Waals surface area contributed by atoms with Crippen molar-refractivity contribution in [1.82, 2.24) is 4.90 Å². The number of amides is 1. The second kappa shape index (κ2) is 6.56. The lowest BCUT2D eigenvalue weighted by Crippen LogP contribution is -2.26. The van der Waals surface area contributed by atoms with Crippen molar-refractivity contribution in [2.75, 3.05) is 19.6 Å². The van der Waals surface area contributed by atoms with Crippen molar-refractivity contribution >= 4 is 11.7 Å². The fraction of sp³-hybridized carbons (Fsp3) is 0.818. The van der Waals surface area contributed by atoms with Crippen LogP contribution in [0.3, 0.4) is 0 Å². The van der Waals surface area contributed by atoms with Crippen LogP contribution in [0.2, 0.25) is 0 Å². The van der Waals surface area contributed by atoms with Crippen molar-refractivity contribution in [3.05, 3.63) is 0 Å². The standard InChI is InChI=1S/C11H20N2O2/c12-6-4-2-1-3-5-7-13-9-10(14)8-11(13)15/h1-9,12H2. The highest BCUT2D eigenvalue weighted by Crippen LogP contribution is 2.09. The van der Waals surface area contributed by atoms with E-state index in [0.29, 0.717) is 6.54 Å². The zero-order valence-electron chi connectivity index (χ0n) is 9.21. The smallest absolute Gasteiger partial charge is 0.230 e. The highest BCUT2D eigenvalue weighted by atomic mass is 16.2. The molecule has 2 N–H and O–H groups in total. The molecular formula is C11H20N2O2. The van der Waals surface area contributed by atoms with Crippen LogP contribution in [0.1, 0.15) is 38.5 Å². The zero-order chi connectivity index (χ0) is 11.1. The first-order valence-electron chi connectivity index (χ1n) is 5.73. The topological polar surface area (TPSA) is 63.4 Å². The highest BCUT2D eigenvalue weighted by molar-refractivity contribution is 6.05. The number of hydrogen-bond donors (Lipinski definition) is 1. The Bertz CT molecular complexity index is 229. The number of nitrogens with two attached hydrogens (primary N) is 1. The van der Waals surface area contributed by atoms with Gasteiger partial charge in [-0.3, -0.25) is 9.59 Å². The van der Waals surface area contributed by atoms with Crippen molar-refractivity contribution in [3.63, 3.8) is 0 Å².